The second kappa shape index (κ2) is 15.9. The fraction of sp³-hybridized carbons (Fsp3) is 0.379. The number of benzene rings is 2. The number of ether oxygens (including phenoxy) is 1. The Morgan fingerprint density at radius 2 is 1.90 bits per heavy atom. The first-order chi connectivity index (χ1) is 19.9. The number of carbonyl (C=O) groups is 1. The normalized spacial score (nSPS) is 15.3. The van der Waals surface area contributed by atoms with Crippen LogP contribution in [0.1, 0.15) is 37.8 Å². The number of nitrogens with one attached hydrogen (secondary N) is 2. The average molecular weight is 622 g/mol. The van der Waals surface area contributed by atoms with Gasteiger partial charge in [-0.15, -0.1) is 11.3 Å². The van der Waals surface area contributed by atoms with Crippen molar-refractivity contribution in [1.82, 2.24) is 20.0 Å². The number of amides is 1. The summed E-state index contributed by atoms with van der Waals surface area (Å²) in [6, 6.07) is 17.2. The van der Waals surface area contributed by atoms with Crippen LogP contribution in [-0.4, -0.2) is 58.7 Å². The molecule has 1 amide bonds. The zero-order valence-corrected chi connectivity index (χ0v) is 26.3. The van der Waals surface area contributed by atoms with Crippen molar-refractivity contribution in [3.05, 3.63) is 70.1 Å². The Balaban J connectivity index is 0.00000111. The van der Waals surface area contributed by atoms with E-state index in [1.165, 1.54) is 11.3 Å². The van der Waals surface area contributed by atoms with Crippen LogP contribution in [-0.2, 0) is 28.9 Å². The van der Waals surface area contributed by atoms with Gasteiger partial charge < -0.3 is 10.1 Å². The lowest BCUT2D eigenvalue weighted by Crippen LogP contribution is -2.41. The lowest BCUT2D eigenvalue weighted by molar-refractivity contribution is -0.125. The Bertz CT molecular complexity index is 1460. The maximum Gasteiger partial charge on any atom is 0.237 e. The summed E-state index contributed by atoms with van der Waals surface area (Å²) in [5.74, 6) is 1.19. The summed E-state index contributed by atoms with van der Waals surface area (Å²) in [5.41, 5.74) is 2.91. The van der Waals surface area contributed by atoms with E-state index in [9.17, 15) is 13.4 Å². The van der Waals surface area contributed by atoms with Gasteiger partial charge >= 0.3 is 0 Å². The van der Waals surface area contributed by atoms with E-state index in [0.29, 0.717) is 40.4 Å². The summed E-state index contributed by atoms with van der Waals surface area (Å²) < 4.78 is 34.1. The van der Waals surface area contributed by atoms with Crippen molar-refractivity contribution in [2.24, 2.45) is 0 Å². The molecule has 41 heavy (non-hydrogen) atoms. The highest BCUT2D eigenvalue weighted by Crippen LogP contribution is 2.34. The van der Waals surface area contributed by atoms with Crippen LogP contribution in [0.5, 0.6) is 5.75 Å². The average Bonchev–Trinajstić information content (AvgIpc) is 3.73. The first-order valence-electron chi connectivity index (χ1n) is 13.3. The number of fused-ring (bicyclic) bond motifs is 1. The minimum Gasteiger partial charge on any atom is -0.496 e. The molecule has 0 spiro atoms. The number of alkyl halides is 1. The SMILES string of the molecule is CC.CF.COc1cccc2c1c(NS(=O)c1ccc(Cl)s1)nn2Cc1cccc(CNC(=O)[C@H]2CCCN2C)c1. The quantitative estimate of drug-likeness (QED) is 0.230. The standard InChI is InChI=1S/C26H28ClN5O3S2.C2H6.CH3F/c1-31-13-5-9-20(31)26(33)28-15-17-6-3-7-18(14-17)16-32-19-8-4-10-21(35-2)24(19)25(29-32)30-37(34)23-12-11-22(27)36-23;2*1-2/h3-4,6-8,10-12,14,20H,5,9,13,15-16H2,1-2H3,(H,28,33)(H,29,30);1-2H3;1H3/t20-,37?;;/m1../s1. The van der Waals surface area contributed by atoms with Crippen molar-refractivity contribution in [2.45, 2.75) is 50.0 Å². The maximum absolute atomic E-state index is 12.9. The van der Waals surface area contributed by atoms with Crippen LogP contribution in [0.25, 0.3) is 10.9 Å². The molecular formula is C29H37ClFN5O3S2. The predicted molar refractivity (Wildman–Crippen MR) is 167 cm³/mol. The van der Waals surface area contributed by atoms with Gasteiger partial charge in [-0.05, 0) is 61.8 Å². The van der Waals surface area contributed by atoms with Crippen molar-refractivity contribution in [3.63, 3.8) is 0 Å². The summed E-state index contributed by atoms with van der Waals surface area (Å²) in [6.07, 6.45) is 1.96. The van der Waals surface area contributed by atoms with Crippen LogP contribution in [0.2, 0.25) is 4.34 Å². The highest BCUT2D eigenvalue weighted by Gasteiger charge is 2.27. The molecule has 5 rings (SSSR count). The second-order valence-electron chi connectivity index (χ2n) is 8.97. The van der Waals surface area contributed by atoms with Gasteiger partial charge in [0.25, 0.3) is 0 Å². The molecule has 4 aromatic rings. The van der Waals surface area contributed by atoms with Gasteiger partial charge in [0.2, 0.25) is 5.91 Å². The monoisotopic (exact) mass is 621 g/mol. The molecule has 0 saturated carbocycles. The van der Waals surface area contributed by atoms with Crippen molar-refractivity contribution >= 4 is 56.6 Å². The lowest BCUT2D eigenvalue weighted by atomic mass is 10.1. The molecule has 0 aliphatic carbocycles. The largest absolute Gasteiger partial charge is 0.496 e. The van der Waals surface area contributed by atoms with Crippen molar-refractivity contribution < 1.29 is 18.1 Å². The van der Waals surface area contributed by atoms with Crippen LogP contribution in [0.4, 0.5) is 10.2 Å². The Morgan fingerprint density at radius 3 is 2.56 bits per heavy atom. The zero-order valence-electron chi connectivity index (χ0n) is 23.9. The summed E-state index contributed by atoms with van der Waals surface area (Å²) in [7, 11) is 2.58. The van der Waals surface area contributed by atoms with Crippen molar-refractivity contribution in [2.75, 3.05) is 32.6 Å². The highest BCUT2D eigenvalue weighted by atomic mass is 35.5. The Morgan fingerprint density at radius 1 is 1.17 bits per heavy atom. The summed E-state index contributed by atoms with van der Waals surface area (Å²) in [6.45, 7) is 5.93. The number of thiophene rings is 1. The minimum atomic E-state index is -1.52. The number of aromatic nitrogens is 2. The van der Waals surface area contributed by atoms with E-state index < -0.39 is 11.0 Å². The number of halogens is 2. The number of hydrogen-bond acceptors (Lipinski definition) is 6. The summed E-state index contributed by atoms with van der Waals surface area (Å²) >= 11 is 7.29. The van der Waals surface area contributed by atoms with E-state index in [2.05, 4.69) is 21.0 Å². The highest BCUT2D eigenvalue weighted by molar-refractivity contribution is 7.88. The van der Waals surface area contributed by atoms with Crippen LogP contribution in [0, 0.1) is 0 Å². The minimum absolute atomic E-state index is 0.0460. The molecule has 12 heteroatoms. The van der Waals surface area contributed by atoms with Crippen molar-refractivity contribution in [3.8, 4) is 5.75 Å². The Labute approximate surface area is 252 Å². The first-order valence-corrected chi connectivity index (χ1v) is 15.7. The molecular weight excluding hydrogens is 585 g/mol. The van der Waals surface area contributed by atoms with Gasteiger partial charge in [-0.2, -0.15) is 5.10 Å². The first kappa shape index (κ1) is 32.5. The fourth-order valence-electron chi connectivity index (χ4n) is 4.65. The predicted octanol–water partition coefficient (Wildman–Crippen LogP) is 6.27. The molecule has 1 saturated heterocycles. The van der Waals surface area contributed by atoms with E-state index in [1.807, 2.05) is 62.0 Å². The van der Waals surface area contributed by atoms with Gasteiger partial charge in [-0.3, -0.25) is 23.5 Å². The molecule has 2 aromatic carbocycles. The van der Waals surface area contributed by atoms with Crippen LogP contribution in [0.15, 0.2) is 58.8 Å². The van der Waals surface area contributed by atoms with Gasteiger partial charge in [0.15, 0.2) is 16.8 Å². The number of likely N-dealkylation sites (N-methyl/N-ethyl adjacent to an activating group) is 1. The van der Waals surface area contributed by atoms with Gasteiger partial charge in [0.1, 0.15) is 9.96 Å². The third-order valence-corrected chi connectivity index (χ3v) is 9.10. The van der Waals surface area contributed by atoms with Crippen LogP contribution < -0.4 is 14.8 Å². The molecule has 2 N–H and O–H groups in total. The number of hydrogen-bond donors (Lipinski definition) is 2. The van der Waals surface area contributed by atoms with E-state index in [0.717, 1.165) is 41.4 Å². The van der Waals surface area contributed by atoms with E-state index in [-0.39, 0.29) is 11.9 Å². The molecule has 2 aromatic heterocycles. The molecule has 8 nitrogen and oxygen atoms in total. The molecule has 0 bridgehead atoms. The number of carbonyl (C=O) groups excluding carboxylic acids is 1. The molecule has 3 heterocycles. The lowest BCUT2D eigenvalue weighted by Gasteiger charge is -2.18. The molecule has 2 atom stereocenters. The van der Waals surface area contributed by atoms with E-state index >= 15 is 0 Å². The number of nitrogens with zero attached hydrogens (tertiary/aromatic N) is 3. The number of rotatable bonds is 9. The molecule has 1 fully saturated rings. The topological polar surface area (TPSA) is 88.5 Å². The number of anilines is 1. The second-order valence-corrected chi connectivity index (χ2v) is 12.1. The molecule has 1 aliphatic heterocycles. The summed E-state index contributed by atoms with van der Waals surface area (Å²) in [4.78, 5) is 14.7. The molecule has 222 valence electrons. The molecule has 0 radical (unpaired) electrons. The zero-order chi connectivity index (χ0) is 29.9. The summed E-state index contributed by atoms with van der Waals surface area (Å²) in [5, 5.41) is 8.59. The Hall–Kier alpha value is -2.99. The van der Waals surface area contributed by atoms with E-state index in [1.54, 1.807) is 19.2 Å². The van der Waals surface area contributed by atoms with Crippen LogP contribution in [0.3, 0.4) is 0 Å². The van der Waals surface area contributed by atoms with Gasteiger partial charge in [0.05, 0.1) is 42.1 Å². The maximum atomic E-state index is 12.9. The van der Waals surface area contributed by atoms with Crippen molar-refractivity contribution in [1.29, 1.82) is 0 Å². The molecule has 1 aliphatic rings. The van der Waals surface area contributed by atoms with Gasteiger partial charge in [-0.1, -0.05) is 55.8 Å². The smallest absolute Gasteiger partial charge is 0.237 e. The van der Waals surface area contributed by atoms with E-state index in [4.69, 9.17) is 21.4 Å². The third kappa shape index (κ3) is 8.06. The van der Waals surface area contributed by atoms with Gasteiger partial charge in [0, 0.05) is 6.54 Å². The van der Waals surface area contributed by atoms with Gasteiger partial charge in [-0.25, -0.2) is 4.21 Å². The number of likely N-dealkylation sites (tertiary alicyclic amines) is 1. The number of methoxy groups -OCH3 is 1. The Kier molecular flexibility index (Phi) is 12.6. The van der Waals surface area contributed by atoms with Crippen LogP contribution >= 0.6 is 22.9 Å². The fourth-order valence-corrected chi connectivity index (χ4v) is 6.88. The molecule has 1 unspecified atom stereocenters. The third-order valence-electron chi connectivity index (χ3n) is 6.49.